The highest BCUT2D eigenvalue weighted by atomic mass is 35.5. The highest BCUT2D eigenvalue weighted by molar-refractivity contribution is 6.33. The van der Waals surface area contributed by atoms with Gasteiger partial charge in [-0.15, -0.1) is 0 Å². The van der Waals surface area contributed by atoms with Gasteiger partial charge in [-0.2, -0.15) is 0 Å². The van der Waals surface area contributed by atoms with Crippen molar-refractivity contribution in [1.29, 1.82) is 0 Å². The molecule has 1 heterocycles. The molecule has 0 amide bonds. The first-order valence-corrected chi connectivity index (χ1v) is 5.03. The van der Waals surface area contributed by atoms with Crippen LogP contribution in [0, 0.1) is 0 Å². The molecule has 0 saturated heterocycles. The standard InChI is InChI=1S/C11H11ClN2O/c1-13-6-8-7-14-11(15-8)9-4-2-3-5-10(9)12/h2-5,7,13H,6H2,1H3. The molecule has 15 heavy (non-hydrogen) atoms. The lowest BCUT2D eigenvalue weighted by Gasteiger charge is -1.98. The summed E-state index contributed by atoms with van der Waals surface area (Å²) >= 11 is 6.03. The first kappa shape index (κ1) is 10.2. The maximum Gasteiger partial charge on any atom is 0.227 e. The molecule has 4 heteroatoms. The average molecular weight is 223 g/mol. The fraction of sp³-hybridized carbons (Fsp3) is 0.182. The third-order valence-electron chi connectivity index (χ3n) is 2.01. The van der Waals surface area contributed by atoms with E-state index in [9.17, 15) is 0 Å². The number of nitrogens with one attached hydrogen (secondary N) is 1. The molecule has 0 radical (unpaired) electrons. The predicted octanol–water partition coefficient (Wildman–Crippen LogP) is 2.71. The van der Waals surface area contributed by atoms with Crippen LogP contribution in [0.15, 0.2) is 34.9 Å². The van der Waals surface area contributed by atoms with Gasteiger partial charge in [-0.3, -0.25) is 0 Å². The number of benzene rings is 1. The summed E-state index contributed by atoms with van der Waals surface area (Å²) in [5.41, 5.74) is 0.821. The van der Waals surface area contributed by atoms with Crippen LogP contribution in [-0.4, -0.2) is 12.0 Å². The second-order valence-electron chi connectivity index (χ2n) is 3.14. The van der Waals surface area contributed by atoms with E-state index in [0.29, 0.717) is 17.5 Å². The molecule has 0 aliphatic rings. The minimum Gasteiger partial charge on any atom is -0.440 e. The van der Waals surface area contributed by atoms with E-state index in [-0.39, 0.29) is 0 Å². The van der Waals surface area contributed by atoms with E-state index in [1.807, 2.05) is 31.3 Å². The van der Waals surface area contributed by atoms with Gasteiger partial charge >= 0.3 is 0 Å². The van der Waals surface area contributed by atoms with Gasteiger partial charge in [0.1, 0.15) is 5.76 Å². The van der Waals surface area contributed by atoms with Crippen molar-refractivity contribution in [3.63, 3.8) is 0 Å². The van der Waals surface area contributed by atoms with Crippen molar-refractivity contribution in [2.24, 2.45) is 0 Å². The monoisotopic (exact) mass is 222 g/mol. The second-order valence-corrected chi connectivity index (χ2v) is 3.55. The third-order valence-corrected chi connectivity index (χ3v) is 2.34. The van der Waals surface area contributed by atoms with Crippen LogP contribution >= 0.6 is 11.6 Å². The first-order valence-electron chi connectivity index (χ1n) is 4.65. The Morgan fingerprint density at radius 2 is 2.20 bits per heavy atom. The summed E-state index contributed by atoms with van der Waals surface area (Å²) < 4.78 is 5.53. The normalized spacial score (nSPS) is 10.5. The van der Waals surface area contributed by atoms with Gasteiger partial charge in [-0.05, 0) is 19.2 Å². The van der Waals surface area contributed by atoms with Gasteiger partial charge in [-0.25, -0.2) is 4.98 Å². The lowest BCUT2D eigenvalue weighted by atomic mass is 10.2. The van der Waals surface area contributed by atoms with Crippen LogP contribution in [0.1, 0.15) is 5.76 Å². The molecular formula is C11H11ClN2O. The van der Waals surface area contributed by atoms with Crippen LogP contribution in [0.5, 0.6) is 0 Å². The molecule has 1 aromatic carbocycles. The number of rotatable bonds is 3. The van der Waals surface area contributed by atoms with Crippen LogP contribution in [0.3, 0.4) is 0 Å². The zero-order chi connectivity index (χ0) is 10.7. The Hall–Kier alpha value is -1.32. The highest BCUT2D eigenvalue weighted by Crippen LogP contribution is 2.26. The van der Waals surface area contributed by atoms with E-state index in [1.165, 1.54) is 0 Å². The molecule has 0 aliphatic carbocycles. The molecule has 2 aromatic rings. The Morgan fingerprint density at radius 1 is 1.40 bits per heavy atom. The molecule has 1 aromatic heterocycles. The zero-order valence-electron chi connectivity index (χ0n) is 8.33. The van der Waals surface area contributed by atoms with Gasteiger partial charge in [-0.1, -0.05) is 23.7 Å². The number of hydrogen-bond acceptors (Lipinski definition) is 3. The molecule has 0 saturated carbocycles. The number of oxazole rings is 1. The SMILES string of the molecule is CNCc1cnc(-c2ccccc2Cl)o1. The van der Waals surface area contributed by atoms with Crippen molar-refractivity contribution in [2.75, 3.05) is 7.05 Å². The van der Waals surface area contributed by atoms with E-state index in [4.69, 9.17) is 16.0 Å². The van der Waals surface area contributed by atoms with Gasteiger partial charge in [0.2, 0.25) is 5.89 Å². The van der Waals surface area contributed by atoms with Gasteiger partial charge in [0.15, 0.2) is 0 Å². The van der Waals surface area contributed by atoms with Crippen molar-refractivity contribution in [3.05, 3.63) is 41.2 Å². The summed E-state index contributed by atoms with van der Waals surface area (Å²) in [6, 6.07) is 7.49. The van der Waals surface area contributed by atoms with Crippen molar-refractivity contribution in [3.8, 4) is 11.5 Å². The summed E-state index contributed by atoms with van der Waals surface area (Å²) in [7, 11) is 1.86. The zero-order valence-corrected chi connectivity index (χ0v) is 9.08. The Morgan fingerprint density at radius 3 is 2.93 bits per heavy atom. The smallest absolute Gasteiger partial charge is 0.227 e. The summed E-state index contributed by atoms with van der Waals surface area (Å²) in [5, 5.41) is 3.65. The predicted molar refractivity (Wildman–Crippen MR) is 59.7 cm³/mol. The average Bonchev–Trinajstić information content (AvgIpc) is 2.68. The lowest BCUT2D eigenvalue weighted by Crippen LogP contribution is -2.03. The van der Waals surface area contributed by atoms with Crippen molar-refractivity contribution in [1.82, 2.24) is 10.3 Å². The Balaban J connectivity index is 2.33. The number of nitrogens with zero attached hydrogens (tertiary/aromatic N) is 1. The molecule has 78 valence electrons. The highest BCUT2D eigenvalue weighted by Gasteiger charge is 2.08. The lowest BCUT2D eigenvalue weighted by molar-refractivity contribution is 0.503. The molecule has 0 unspecified atom stereocenters. The summed E-state index contributed by atoms with van der Waals surface area (Å²) in [6.45, 7) is 0.664. The summed E-state index contributed by atoms with van der Waals surface area (Å²) in [6.07, 6.45) is 1.70. The van der Waals surface area contributed by atoms with Crippen molar-refractivity contribution in [2.45, 2.75) is 6.54 Å². The van der Waals surface area contributed by atoms with Crippen LogP contribution in [0.25, 0.3) is 11.5 Å². The van der Waals surface area contributed by atoms with Crippen LogP contribution in [0.2, 0.25) is 5.02 Å². The van der Waals surface area contributed by atoms with Crippen LogP contribution in [-0.2, 0) is 6.54 Å². The minimum absolute atomic E-state index is 0.561. The first-order chi connectivity index (χ1) is 7.31. The van der Waals surface area contributed by atoms with E-state index in [1.54, 1.807) is 6.20 Å². The number of aromatic nitrogens is 1. The fourth-order valence-electron chi connectivity index (χ4n) is 1.32. The number of halogens is 1. The van der Waals surface area contributed by atoms with E-state index < -0.39 is 0 Å². The summed E-state index contributed by atoms with van der Waals surface area (Å²) in [5.74, 6) is 1.36. The van der Waals surface area contributed by atoms with E-state index in [2.05, 4.69) is 10.3 Å². The maximum atomic E-state index is 6.03. The van der Waals surface area contributed by atoms with Gasteiger partial charge in [0.05, 0.1) is 23.3 Å². The van der Waals surface area contributed by atoms with Crippen molar-refractivity contribution >= 4 is 11.6 Å². The third kappa shape index (κ3) is 2.19. The van der Waals surface area contributed by atoms with Gasteiger partial charge in [0, 0.05) is 0 Å². The fourth-order valence-corrected chi connectivity index (χ4v) is 1.54. The largest absolute Gasteiger partial charge is 0.440 e. The Bertz CT molecular complexity index is 453. The molecule has 0 bridgehead atoms. The second kappa shape index (κ2) is 4.47. The molecule has 3 nitrogen and oxygen atoms in total. The molecule has 2 rings (SSSR count). The molecule has 0 spiro atoms. The molecule has 0 aliphatic heterocycles. The quantitative estimate of drug-likeness (QED) is 0.868. The summed E-state index contributed by atoms with van der Waals surface area (Å²) in [4.78, 5) is 4.17. The topological polar surface area (TPSA) is 38.1 Å². The maximum absolute atomic E-state index is 6.03. The van der Waals surface area contributed by atoms with Gasteiger partial charge < -0.3 is 9.73 Å². The van der Waals surface area contributed by atoms with Crippen LogP contribution < -0.4 is 5.32 Å². The number of hydrogen-bond donors (Lipinski definition) is 1. The minimum atomic E-state index is 0.561. The van der Waals surface area contributed by atoms with E-state index in [0.717, 1.165) is 11.3 Å². The van der Waals surface area contributed by atoms with Crippen molar-refractivity contribution < 1.29 is 4.42 Å². The molecular weight excluding hydrogens is 212 g/mol. The van der Waals surface area contributed by atoms with E-state index >= 15 is 0 Å². The molecule has 0 atom stereocenters. The Kier molecular flexibility index (Phi) is 3.04. The molecule has 1 N–H and O–H groups in total. The molecule has 0 fully saturated rings. The van der Waals surface area contributed by atoms with Gasteiger partial charge in [0.25, 0.3) is 0 Å². The van der Waals surface area contributed by atoms with Crippen LogP contribution in [0.4, 0.5) is 0 Å². The Labute approximate surface area is 93.1 Å².